The van der Waals surface area contributed by atoms with Gasteiger partial charge >= 0.3 is 0 Å². The molecule has 2 rings (SSSR count). The molecule has 1 aliphatic heterocycles. The first-order chi connectivity index (χ1) is 8.72. The van der Waals surface area contributed by atoms with Gasteiger partial charge in [-0.05, 0) is 24.3 Å². The van der Waals surface area contributed by atoms with Crippen LogP contribution in [0.5, 0.6) is 0 Å². The van der Waals surface area contributed by atoms with Crippen molar-refractivity contribution in [2.75, 3.05) is 10.2 Å². The van der Waals surface area contributed by atoms with Gasteiger partial charge in [0.15, 0.2) is 0 Å². The van der Waals surface area contributed by atoms with E-state index in [2.05, 4.69) is 27.8 Å². The zero-order valence-electron chi connectivity index (χ0n) is 9.52. The third-order valence-electron chi connectivity index (χ3n) is 2.39. The summed E-state index contributed by atoms with van der Waals surface area (Å²) < 4.78 is 0. The van der Waals surface area contributed by atoms with Crippen molar-refractivity contribution in [2.24, 2.45) is 0 Å². The standard InChI is InChI=1S/C14H10BrNO2/c15-10-2-1-3-11-4-6-12(7-5-11)16-13(17)8-9-14(16)18/h4-9H,2,10H2. The topological polar surface area (TPSA) is 37.4 Å². The van der Waals surface area contributed by atoms with Crippen molar-refractivity contribution in [2.45, 2.75) is 6.42 Å². The fourth-order valence-corrected chi connectivity index (χ4v) is 1.76. The molecule has 2 amide bonds. The van der Waals surface area contributed by atoms with E-state index in [1.54, 1.807) is 24.3 Å². The molecule has 0 bridgehead atoms. The summed E-state index contributed by atoms with van der Waals surface area (Å²) in [6.07, 6.45) is 3.33. The molecule has 0 aliphatic carbocycles. The summed E-state index contributed by atoms with van der Waals surface area (Å²) in [5, 5.41) is 0.848. The van der Waals surface area contributed by atoms with E-state index in [0.29, 0.717) is 5.69 Å². The number of rotatable bonds is 2. The van der Waals surface area contributed by atoms with Gasteiger partial charge < -0.3 is 0 Å². The van der Waals surface area contributed by atoms with Crippen LogP contribution in [0.25, 0.3) is 0 Å². The fourth-order valence-electron chi connectivity index (χ4n) is 1.56. The molecule has 0 radical (unpaired) electrons. The number of nitrogens with zero attached hydrogens (tertiary/aromatic N) is 1. The molecule has 0 N–H and O–H groups in total. The van der Waals surface area contributed by atoms with Crippen LogP contribution in [-0.2, 0) is 9.59 Å². The molecule has 1 heterocycles. The Kier molecular flexibility index (Phi) is 3.96. The molecule has 0 spiro atoms. The van der Waals surface area contributed by atoms with Crippen molar-refractivity contribution in [1.29, 1.82) is 0 Å². The van der Waals surface area contributed by atoms with Crippen LogP contribution in [-0.4, -0.2) is 17.1 Å². The third-order valence-corrected chi connectivity index (χ3v) is 2.78. The van der Waals surface area contributed by atoms with Crippen molar-refractivity contribution >= 4 is 33.4 Å². The van der Waals surface area contributed by atoms with E-state index in [1.807, 2.05) is 0 Å². The van der Waals surface area contributed by atoms with Crippen LogP contribution in [0.4, 0.5) is 5.69 Å². The van der Waals surface area contributed by atoms with Crippen molar-refractivity contribution in [3.63, 3.8) is 0 Å². The average molecular weight is 304 g/mol. The Morgan fingerprint density at radius 2 is 1.67 bits per heavy atom. The molecule has 1 aromatic carbocycles. The minimum absolute atomic E-state index is 0.307. The molecule has 90 valence electrons. The van der Waals surface area contributed by atoms with E-state index in [4.69, 9.17) is 0 Å². The number of alkyl halides is 1. The minimum Gasteiger partial charge on any atom is -0.269 e. The molecule has 1 aliphatic rings. The Balaban J connectivity index is 2.16. The summed E-state index contributed by atoms with van der Waals surface area (Å²) in [6.45, 7) is 0. The van der Waals surface area contributed by atoms with Crippen LogP contribution in [0.3, 0.4) is 0 Å². The van der Waals surface area contributed by atoms with Gasteiger partial charge in [-0.2, -0.15) is 0 Å². The summed E-state index contributed by atoms with van der Waals surface area (Å²) in [5.41, 5.74) is 1.44. The van der Waals surface area contributed by atoms with Crippen LogP contribution in [0.2, 0.25) is 0 Å². The number of imide groups is 1. The lowest BCUT2D eigenvalue weighted by atomic mass is 10.2. The molecular formula is C14H10BrNO2. The molecule has 3 nitrogen and oxygen atoms in total. The zero-order valence-corrected chi connectivity index (χ0v) is 11.1. The smallest absolute Gasteiger partial charge is 0.258 e. The first-order valence-electron chi connectivity index (χ1n) is 5.43. The van der Waals surface area contributed by atoms with E-state index < -0.39 is 0 Å². The highest BCUT2D eigenvalue weighted by Gasteiger charge is 2.24. The molecule has 0 aromatic heterocycles. The Labute approximate surface area is 114 Å². The van der Waals surface area contributed by atoms with Gasteiger partial charge in [0.2, 0.25) is 0 Å². The summed E-state index contributed by atoms with van der Waals surface area (Å²) in [5.74, 6) is 5.39. The summed E-state index contributed by atoms with van der Waals surface area (Å²) in [4.78, 5) is 24.1. The van der Waals surface area contributed by atoms with Gasteiger partial charge in [-0.3, -0.25) is 9.59 Å². The minimum atomic E-state index is -0.307. The van der Waals surface area contributed by atoms with Gasteiger partial charge in [0, 0.05) is 29.5 Å². The Morgan fingerprint density at radius 1 is 1.06 bits per heavy atom. The van der Waals surface area contributed by atoms with Gasteiger partial charge in [-0.15, -0.1) is 0 Å². The van der Waals surface area contributed by atoms with Gasteiger partial charge in [0.25, 0.3) is 11.8 Å². The van der Waals surface area contributed by atoms with Crippen LogP contribution < -0.4 is 4.90 Å². The number of hydrogen-bond donors (Lipinski definition) is 0. The second-order valence-corrected chi connectivity index (χ2v) is 4.43. The number of carbonyl (C=O) groups is 2. The van der Waals surface area contributed by atoms with Crippen molar-refractivity contribution in [3.05, 3.63) is 42.0 Å². The van der Waals surface area contributed by atoms with E-state index >= 15 is 0 Å². The summed E-state index contributed by atoms with van der Waals surface area (Å²) in [6, 6.07) is 7.05. The second kappa shape index (κ2) is 5.65. The largest absolute Gasteiger partial charge is 0.269 e. The molecular weight excluding hydrogens is 294 g/mol. The van der Waals surface area contributed by atoms with Crippen molar-refractivity contribution in [1.82, 2.24) is 0 Å². The summed E-state index contributed by atoms with van der Waals surface area (Å²) >= 11 is 3.30. The highest BCUT2D eigenvalue weighted by Crippen LogP contribution is 2.19. The number of benzene rings is 1. The maximum atomic E-state index is 11.5. The van der Waals surface area contributed by atoms with Crippen LogP contribution >= 0.6 is 15.9 Å². The van der Waals surface area contributed by atoms with Crippen LogP contribution in [0.1, 0.15) is 12.0 Å². The Hall–Kier alpha value is -1.86. The lowest BCUT2D eigenvalue weighted by Gasteiger charge is -2.13. The normalized spacial score (nSPS) is 13.7. The summed E-state index contributed by atoms with van der Waals surface area (Å²) in [7, 11) is 0. The van der Waals surface area contributed by atoms with Crippen molar-refractivity contribution < 1.29 is 9.59 Å². The number of halogens is 1. The van der Waals surface area contributed by atoms with E-state index in [0.717, 1.165) is 22.2 Å². The SMILES string of the molecule is O=C1C=CC(=O)N1c1ccc(C#CCCBr)cc1. The molecule has 0 fully saturated rings. The first-order valence-corrected chi connectivity index (χ1v) is 6.55. The van der Waals surface area contributed by atoms with Gasteiger partial charge in [-0.1, -0.05) is 27.8 Å². The number of anilines is 1. The van der Waals surface area contributed by atoms with E-state index in [1.165, 1.54) is 12.2 Å². The maximum Gasteiger partial charge on any atom is 0.258 e. The third kappa shape index (κ3) is 2.69. The molecule has 18 heavy (non-hydrogen) atoms. The molecule has 1 aromatic rings. The predicted molar refractivity (Wildman–Crippen MR) is 73.4 cm³/mol. The molecule has 0 atom stereocenters. The molecule has 0 saturated heterocycles. The second-order valence-electron chi connectivity index (χ2n) is 3.63. The number of amides is 2. The Morgan fingerprint density at radius 3 is 2.22 bits per heavy atom. The quantitative estimate of drug-likeness (QED) is 0.477. The first kappa shape index (κ1) is 12.6. The average Bonchev–Trinajstić information content (AvgIpc) is 2.71. The fraction of sp³-hybridized carbons (Fsp3) is 0.143. The highest BCUT2D eigenvalue weighted by atomic mass is 79.9. The predicted octanol–water partition coefficient (Wildman–Crippen LogP) is 2.25. The molecule has 0 saturated carbocycles. The number of carbonyl (C=O) groups excluding carboxylic acids is 2. The molecule has 0 unspecified atom stereocenters. The highest BCUT2D eigenvalue weighted by molar-refractivity contribution is 9.09. The monoisotopic (exact) mass is 303 g/mol. The van der Waals surface area contributed by atoms with Gasteiger partial charge in [0.1, 0.15) is 0 Å². The van der Waals surface area contributed by atoms with Gasteiger partial charge in [0.05, 0.1) is 5.69 Å². The zero-order chi connectivity index (χ0) is 13.0. The molecule has 4 heteroatoms. The van der Waals surface area contributed by atoms with E-state index in [9.17, 15) is 9.59 Å². The Bertz CT molecular complexity index is 546. The lowest BCUT2D eigenvalue weighted by molar-refractivity contribution is -0.119. The number of hydrogen-bond acceptors (Lipinski definition) is 2. The van der Waals surface area contributed by atoms with Gasteiger partial charge in [-0.25, -0.2) is 4.90 Å². The van der Waals surface area contributed by atoms with Crippen LogP contribution in [0.15, 0.2) is 36.4 Å². The maximum absolute atomic E-state index is 11.5. The van der Waals surface area contributed by atoms with Crippen molar-refractivity contribution in [3.8, 4) is 11.8 Å². The van der Waals surface area contributed by atoms with Crippen LogP contribution in [0, 0.1) is 11.8 Å². The lowest BCUT2D eigenvalue weighted by Crippen LogP contribution is -2.29. The van der Waals surface area contributed by atoms with E-state index in [-0.39, 0.29) is 11.8 Å².